The van der Waals surface area contributed by atoms with Crippen molar-refractivity contribution < 1.29 is 12.9 Å². The van der Waals surface area contributed by atoms with Gasteiger partial charge < -0.3 is 4.52 Å². The van der Waals surface area contributed by atoms with Crippen molar-refractivity contribution in [2.75, 3.05) is 4.72 Å². The average Bonchev–Trinajstić information content (AvgIpc) is 3.11. The van der Waals surface area contributed by atoms with Gasteiger partial charge in [0.25, 0.3) is 10.0 Å². The maximum atomic E-state index is 12.5. The molecular formula is C15H16N4O3S. The van der Waals surface area contributed by atoms with E-state index in [2.05, 4.69) is 15.0 Å². The second-order valence-corrected chi connectivity index (χ2v) is 6.94. The van der Waals surface area contributed by atoms with Crippen LogP contribution in [0.2, 0.25) is 0 Å². The molecule has 23 heavy (non-hydrogen) atoms. The van der Waals surface area contributed by atoms with Gasteiger partial charge in [-0.2, -0.15) is 5.10 Å². The zero-order valence-electron chi connectivity index (χ0n) is 12.9. The van der Waals surface area contributed by atoms with E-state index >= 15 is 0 Å². The Bertz CT molecular complexity index is 920. The van der Waals surface area contributed by atoms with Gasteiger partial charge in [-0.15, -0.1) is 0 Å². The monoisotopic (exact) mass is 332 g/mol. The number of aryl methyl sites for hydroxylation is 3. The quantitative estimate of drug-likeness (QED) is 0.793. The Kier molecular flexibility index (Phi) is 3.69. The number of anilines is 1. The molecule has 3 aromatic rings. The summed E-state index contributed by atoms with van der Waals surface area (Å²) < 4.78 is 33.9. The third-order valence-electron chi connectivity index (χ3n) is 3.44. The molecule has 0 saturated heterocycles. The molecule has 0 amide bonds. The summed E-state index contributed by atoms with van der Waals surface area (Å²) in [7, 11) is -3.76. The van der Waals surface area contributed by atoms with Crippen LogP contribution in [0.25, 0.3) is 5.69 Å². The van der Waals surface area contributed by atoms with Gasteiger partial charge in [0.15, 0.2) is 5.76 Å². The van der Waals surface area contributed by atoms with Crippen LogP contribution in [-0.2, 0) is 10.0 Å². The van der Waals surface area contributed by atoms with Crippen LogP contribution < -0.4 is 4.72 Å². The summed E-state index contributed by atoms with van der Waals surface area (Å²) in [5.74, 6) is 0.414. The first-order valence-electron chi connectivity index (χ1n) is 6.94. The molecule has 8 heteroatoms. The van der Waals surface area contributed by atoms with Crippen LogP contribution in [0.1, 0.15) is 17.0 Å². The number of hydrogen-bond donors (Lipinski definition) is 1. The van der Waals surface area contributed by atoms with Crippen molar-refractivity contribution in [3.8, 4) is 5.69 Å². The molecule has 0 aliphatic rings. The Morgan fingerprint density at radius 3 is 2.43 bits per heavy atom. The van der Waals surface area contributed by atoms with Crippen molar-refractivity contribution in [2.45, 2.75) is 25.7 Å². The molecule has 0 bridgehead atoms. The van der Waals surface area contributed by atoms with Crippen LogP contribution in [0.15, 0.2) is 46.1 Å². The van der Waals surface area contributed by atoms with Crippen LogP contribution in [0.3, 0.4) is 0 Å². The van der Waals surface area contributed by atoms with Gasteiger partial charge in [-0.25, -0.2) is 13.1 Å². The molecule has 120 valence electrons. The largest absolute Gasteiger partial charge is 0.359 e. The highest BCUT2D eigenvalue weighted by molar-refractivity contribution is 7.92. The summed E-state index contributed by atoms with van der Waals surface area (Å²) in [6.45, 7) is 5.30. The number of aromatic nitrogens is 3. The fourth-order valence-corrected chi connectivity index (χ4v) is 3.21. The molecule has 0 atom stereocenters. The van der Waals surface area contributed by atoms with E-state index in [0.717, 1.165) is 11.3 Å². The van der Waals surface area contributed by atoms with Gasteiger partial charge in [-0.1, -0.05) is 22.9 Å². The Balaban J connectivity index is 1.91. The lowest BCUT2D eigenvalue weighted by Gasteiger charge is -2.05. The number of sulfonamides is 1. The summed E-state index contributed by atoms with van der Waals surface area (Å²) in [5, 5.41) is 7.85. The first kappa shape index (κ1) is 15.3. The Hall–Kier alpha value is -2.61. The van der Waals surface area contributed by atoms with Gasteiger partial charge >= 0.3 is 0 Å². The number of nitrogens with one attached hydrogen (secondary N) is 1. The van der Waals surface area contributed by atoms with Crippen molar-refractivity contribution in [2.24, 2.45) is 0 Å². The Labute approximate surface area is 134 Å². The number of hydrogen-bond acceptors (Lipinski definition) is 5. The summed E-state index contributed by atoms with van der Waals surface area (Å²) in [4.78, 5) is 0.0677. The van der Waals surface area contributed by atoms with Gasteiger partial charge in [0.2, 0.25) is 0 Å². The lowest BCUT2D eigenvalue weighted by atomic mass is 10.2. The zero-order valence-corrected chi connectivity index (χ0v) is 13.8. The smallest absolute Gasteiger partial charge is 0.265 e. The second kappa shape index (κ2) is 5.54. The maximum absolute atomic E-state index is 12.5. The molecule has 7 nitrogen and oxygen atoms in total. The molecule has 2 heterocycles. The van der Waals surface area contributed by atoms with Crippen LogP contribution in [0.4, 0.5) is 5.69 Å². The summed E-state index contributed by atoms with van der Waals surface area (Å²) in [6, 6.07) is 7.63. The maximum Gasteiger partial charge on any atom is 0.265 e. The summed E-state index contributed by atoms with van der Waals surface area (Å²) >= 11 is 0. The van der Waals surface area contributed by atoms with Gasteiger partial charge in [0.1, 0.15) is 16.3 Å². The minimum atomic E-state index is -3.76. The third kappa shape index (κ3) is 2.98. The van der Waals surface area contributed by atoms with Crippen molar-refractivity contribution in [3.05, 3.63) is 53.7 Å². The molecule has 0 aliphatic heterocycles. The van der Waals surface area contributed by atoms with Gasteiger partial charge in [0, 0.05) is 0 Å². The van der Waals surface area contributed by atoms with Crippen LogP contribution in [-0.4, -0.2) is 23.4 Å². The van der Waals surface area contributed by atoms with Crippen molar-refractivity contribution in [1.82, 2.24) is 14.9 Å². The van der Waals surface area contributed by atoms with Crippen molar-refractivity contribution in [3.63, 3.8) is 0 Å². The first-order chi connectivity index (χ1) is 10.9. The molecule has 0 radical (unpaired) electrons. The lowest BCUT2D eigenvalue weighted by molar-refractivity contribution is 0.393. The predicted molar refractivity (Wildman–Crippen MR) is 85.1 cm³/mol. The summed E-state index contributed by atoms with van der Waals surface area (Å²) in [6.07, 6.45) is 2.77. The lowest BCUT2D eigenvalue weighted by Crippen LogP contribution is -2.13. The molecule has 0 aliphatic carbocycles. The van der Waals surface area contributed by atoms with E-state index in [1.807, 2.05) is 31.2 Å². The van der Waals surface area contributed by atoms with E-state index in [1.165, 1.54) is 17.1 Å². The standard InChI is InChI=1S/C15H16N4O3S/c1-10-4-6-13(7-5-10)19-9-14(8-16-19)23(20,21)18-15-11(2)17-22-12(15)3/h4-9,18H,1-3H3. The van der Waals surface area contributed by atoms with Gasteiger partial charge in [0.05, 0.1) is 18.1 Å². The van der Waals surface area contributed by atoms with E-state index < -0.39 is 10.0 Å². The topological polar surface area (TPSA) is 90.0 Å². The van der Waals surface area contributed by atoms with E-state index in [0.29, 0.717) is 17.1 Å². The first-order valence-corrected chi connectivity index (χ1v) is 8.42. The fraction of sp³-hybridized carbons (Fsp3) is 0.200. The molecule has 3 rings (SSSR count). The van der Waals surface area contributed by atoms with E-state index in [-0.39, 0.29) is 4.90 Å². The number of rotatable bonds is 4. The molecule has 1 N–H and O–H groups in total. The van der Waals surface area contributed by atoms with Crippen molar-refractivity contribution in [1.29, 1.82) is 0 Å². The average molecular weight is 332 g/mol. The van der Waals surface area contributed by atoms with E-state index in [9.17, 15) is 8.42 Å². The van der Waals surface area contributed by atoms with Crippen LogP contribution >= 0.6 is 0 Å². The second-order valence-electron chi connectivity index (χ2n) is 5.26. The highest BCUT2D eigenvalue weighted by Gasteiger charge is 2.21. The number of nitrogens with zero attached hydrogens (tertiary/aromatic N) is 3. The molecule has 0 spiro atoms. The molecule has 0 fully saturated rings. The highest BCUT2D eigenvalue weighted by Crippen LogP contribution is 2.23. The highest BCUT2D eigenvalue weighted by atomic mass is 32.2. The Morgan fingerprint density at radius 1 is 1.13 bits per heavy atom. The third-order valence-corrected chi connectivity index (χ3v) is 4.74. The zero-order chi connectivity index (χ0) is 16.6. The van der Waals surface area contributed by atoms with Crippen LogP contribution in [0, 0.1) is 20.8 Å². The minimum absolute atomic E-state index is 0.0677. The normalized spacial score (nSPS) is 11.6. The molecule has 1 aromatic carbocycles. The van der Waals surface area contributed by atoms with E-state index in [1.54, 1.807) is 13.8 Å². The number of benzene rings is 1. The van der Waals surface area contributed by atoms with Crippen LogP contribution in [0.5, 0.6) is 0 Å². The molecule has 0 saturated carbocycles. The molecular weight excluding hydrogens is 316 g/mol. The Morgan fingerprint density at radius 2 is 1.83 bits per heavy atom. The summed E-state index contributed by atoms with van der Waals surface area (Å²) in [5.41, 5.74) is 2.74. The SMILES string of the molecule is Cc1ccc(-n2cc(S(=O)(=O)Nc3c(C)noc3C)cn2)cc1. The fourth-order valence-electron chi connectivity index (χ4n) is 2.11. The molecule has 2 aromatic heterocycles. The van der Waals surface area contributed by atoms with E-state index in [4.69, 9.17) is 4.52 Å². The van der Waals surface area contributed by atoms with Gasteiger partial charge in [-0.05, 0) is 32.9 Å². The minimum Gasteiger partial charge on any atom is -0.359 e. The molecule has 0 unspecified atom stereocenters. The van der Waals surface area contributed by atoms with Gasteiger partial charge in [-0.3, -0.25) is 4.72 Å². The predicted octanol–water partition coefficient (Wildman–Crippen LogP) is 2.59. The van der Waals surface area contributed by atoms with Crippen molar-refractivity contribution >= 4 is 15.7 Å².